The lowest BCUT2D eigenvalue weighted by Gasteiger charge is -2.43. The third-order valence-corrected chi connectivity index (χ3v) is 8.72. The summed E-state index contributed by atoms with van der Waals surface area (Å²) in [5.41, 5.74) is 3.53. The lowest BCUT2D eigenvalue weighted by atomic mass is 9.70. The Labute approximate surface area is 196 Å². The van der Waals surface area contributed by atoms with Crippen LogP contribution in [0, 0.1) is 12.3 Å². The molecule has 2 aliphatic heterocycles. The molecule has 1 amide bonds. The van der Waals surface area contributed by atoms with Crippen molar-refractivity contribution >= 4 is 16.9 Å². The monoisotopic (exact) mass is 442 g/mol. The molecule has 5 nitrogen and oxygen atoms in total. The van der Waals surface area contributed by atoms with Crippen LogP contribution in [-0.4, -0.2) is 44.5 Å². The fraction of sp³-hybridized carbons (Fsp3) is 0.500. The van der Waals surface area contributed by atoms with Crippen LogP contribution in [0.1, 0.15) is 50.4 Å². The van der Waals surface area contributed by atoms with E-state index in [1.165, 1.54) is 24.8 Å². The number of benzene rings is 2. The molecule has 3 fully saturated rings. The van der Waals surface area contributed by atoms with Crippen LogP contribution in [-0.2, 0) is 17.8 Å². The van der Waals surface area contributed by atoms with Crippen molar-refractivity contribution in [2.24, 2.45) is 5.41 Å². The van der Waals surface area contributed by atoms with E-state index in [1.54, 1.807) is 0 Å². The normalized spacial score (nSPS) is 31.0. The Kier molecular flexibility index (Phi) is 5.06. The highest BCUT2D eigenvalue weighted by Gasteiger charge is 2.60. The molecule has 1 aromatic heterocycles. The van der Waals surface area contributed by atoms with Gasteiger partial charge >= 0.3 is 0 Å². The number of fused-ring (bicyclic) bond motifs is 2. The van der Waals surface area contributed by atoms with Crippen LogP contribution in [0.25, 0.3) is 11.0 Å². The van der Waals surface area contributed by atoms with Gasteiger partial charge in [0, 0.05) is 29.6 Å². The number of piperidine rings is 1. The number of imidazole rings is 1. The van der Waals surface area contributed by atoms with Gasteiger partial charge in [0.25, 0.3) is 0 Å². The number of aryl methyl sites for hydroxylation is 1. The van der Waals surface area contributed by atoms with Gasteiger partial charge in [-0.2, -0.15) is 0 Å². The summed E-state index contributed by atoms with van der Waals surface area (Å²) in [6, 6.07) is 20.3. The second kappa shape index (κ2) is 7.98. The Balaban J connectivity index is 1.35. The summed E-state index contributed by atoms with van der Waals surface area (Å²) in [5, 5.41) is 4.05. The summed E-state index contributed by atoms with van der Waals surface area (Å²) in [7, 11) is 0. The summed E-state index contributed by atoms with van der Waals surface area (Å²) < 4.78 is 2.11. The van der Waals surface area contributed by atoms with Crippen molar-refractivity contribution in [3.63, 3.8) is 0 Å². The molecule has 5 heteroatoms. The Morgan fingerprint density at radius 3 is 2.70 bits per heavy atom. The number of para-hydroxylation sites is 2. The van der Waals surface area contributed by atoms with Gasteiger partial charge in [0.1, 0.15) is 12.4 Å². The fourth-order valence-electron chi connectivity index (χ4n) is 7.11. The first kappa shape index (κ1) is 20.9. The molecule has 2 bridgehead atoms. The molecule has 33 heavy (non-hydrogen) atoms. The fourth-order valence-corrected chi connectivity index (χ4v) is 7.11. The topological polar surface area (TPSA) is 50.2 Å². The number of likely N-dealkylation sites (tertiary alicyclic amines) is 1. The Bertz CT molecular complexity index is 1170. The van der Waals surface area contributed by atoms with E-state index in [4.69, 9.17) is 4.98 Å². The molecule has 3 aromatic rings. The van der Waals surface area contributed by atoms with Crippen LogP contribution < -0.4 is 5.32 Å². The predicted octanol–water partition coefficient (Wildman–Crippen LogP) is 4.48. The van der Waals surface area contributed by atoms with Crippen molar-refractivity contribution < 1.29 is 4.79 Å². The van der Waals surface area contributed by atoms with E-state index in [0.717, 1.165) is 36.1 Å². The molecule has 0 unspecified atom stereocenters. The lowest BCUT2D eigenvalue weighted by molar-refractivity contribution is -0.135. The molecule has 1 aliphatic carbocycles. The molecular formula is C28H34N4O. The average molecular weight is 443 g/mol. The van der Waals surface area contributed by atoms with Crippen LogP contribution in [0.3, 0.4) is 0 Å². The molecule has 172 valence electrons. The van der Waals surface area contributed by atoms with Crippen molar-refractivity contribution in [1.82, 2.24) is 19.8 Å². The molecule has 5 atom stereocenters. The number of nitrogens with zero attached hydrogens (tertiary/aromatic N) is 3. The molecule has 2 aromatic carbocycles. The maximum Gasteiger partial charge on any atom is 0.243 e. The maximum absolute atomic E-state index is 14.1. The number of hydrogen-bond acceptors (Lipinski definition) is 3. The highest BCUT2D eigenvalue weighted by molar-refractivity contribution is 5.82. The van der Waals surface area contributed by atoms with Gasteiger partial charge in [-0.05, 0) is 50.3 Å². The minimum Gasteiger partial charge on any atom is -0.333 e. The predicted molar refractivity (Wildman–Crippen MR) is 131 cm³/mol. The molecule has 3 heterocycles. The van der Waals surface area contributed by atoms with Crippen molar-refractivity contribution in [2.45, 2.75) is 83.1 Å². The van der Waals surface area contributed by atoms with Crippen LogP contribution in [0.2, 0.25) is 0 Å². The summed E-state index contributed by atoms with van der Waals surface area (Å²) in [6.07, 6.45) is 6.89. The van der Waals surface area contributed by atoms with Gasteiger partial charge < -0.3 is 14.8 Å². The molecule has 1 N–H and O–H groups in total. The Hall–Kier alpha value is -2.66. The van der Waals surface area contributed by atoms with Gasteiger partial charge in [0.2, 0.25) is 5.91 Å². The number of carbonyl (C=O) groups is 1. The first-order valence-electron chi connectivity index (χ1n) is 12.6. The number of nitrogens with one attached hydrogen (secondary N) is 1. The quantitative estimate of drug-likeness (QED) is 0.648. The standard InChI is InChI=1S/C28H34N4O/c1-19-29-21-12-6-7-13-23(21)31(19)18-27(33)32-24-17-28(2)25(14-8-9-15-26(28)32)30-22(24)16-20-10-4-3-5-11-20/h3-7,10-13,22,24-26,30H,8-9,14-18H2,1-2H3/t22-,24-,25+,26-,28+/m0/s1. The van der Waals surface area contributed by atoms with Gasteiger partial charge in [0.15, 0.2) is 0 Å². The van der Waals surface area contributed by atoms with Crippen LogP contribution in [0.4, 0.5) is 0 Å². The van der Waals surface area contributed by atoms with E-state index < -0.39 is 0 Å². The van der Waals surface area contributed by atoms with Gasteiger partial charge in [-0.25, -0.2) is 4.98 Å². The molecule has 1 saturated carbocycles. The van der Waals surface area contributed by atoms with Gasteiger partial charge in [0.05, 0.1) is 11.0 Å². The zero-order valence-corrected chi connectivity index (χ0v) is 19.7. The van der Waals surface area contributed by atoms with E-state index in [0.29, 0.717) is 24.7 Å². The molecular weight excluding hydrogens is 408 g/mol. The van der Waals surface area contributed by atoms with E-state index in [2.05, 4.69) is 58.1 Å². The lowest BCUT2D eigenvalue weighted by Crippen LogP contribution is -2.57. The zero-order valence-electron chi connectivity index (χ0n) is 19.7. The third kappa shape index (κ3) is 3.40. The van der Waals surface area contributed by atoms with Crippen LogP contribution in [0.5, 0.6) is 0 Å². The number of rotatable bonds is 4. The maximum atomic E-state index is 14.1. The number of amides is 1. The Morgan fingerprint density at radius 1 is 1.09 bits per heavy atom. The van der Waals surface area contributed by atoms with E-state index in [-0.39, 0.29) is 17.4 Å². The number of carbonyl (C=O) groups excluding carboxylic acids is 1. The summed E-state index contributed by atoms with van der Waals surface area (Å²) in [4.78, 5) is 21.1. The summed E-state index contributed by atoms with van der Waals surface area (Å²) >= 11 is 0. The van der Waals surface area contributed by atoms with Crippen molar-refractivity contribution in [1.29, 1.82) is 0 Å². The first-order chi connectivity index (χ1) is 16.0. The highest BCUT2D eigenvalue weighted by atomic mass is 16.2. The highest BCUT2D eigenvalue weighted by Crippen LogP contribution is 2.52. The summed E-state index contributed by atoms with van der Waals surface area (Å²) in [5.74, 6) is 1.16. The van der Waals surface area contributed by atoms with Gasteiger partial charge in [-0.1, -0.05) is 62.2 Å². The molecule has 2 saturated heterocycles. The molecule has 0 radical (unpaired) electrons. The second-order valence-electron chi connectivity index (χ2n) is 10.6. The molecule has 3 aliphatic rings. The van der Waals surface area contributed by atoms with E-state index in [1.807, 2.05) is 25.1 Å². The zero-order chi connectivity index (χ0) is 22.6. The smallest absolute Gasteiger partial charge is 0.243 e. The minimum atomic E-state index is 0.163. The van der Waals surface area contributed by atoms with Crippen molar-refractivity contribution in [2.75, 3.05) is 0 Å². The number of aromatic nitrogens is 2. The van der Waals surface area contributed by atoms with E-state index in [9.17, 15) is 4.79 Å². The van der Waals surface area contributed by atoms with Crippen molar-refractivity contribution in [3.05, 3.63) is 66.0 Å². The van der Waals surface area contributed by atoms with E-state index >= 15 is 0 Å². The molecule has 0 spiro atoms. The largest absolute Gasteiger partial charge is 0.333 e. The second-order valence-corrected chi connectivity index (χ2v) is 10.6. The SMILES string of the molecule is Cc1nc2ccccc2n1CC(=O)N1[C@H]2CCCC[C@H]3N[C@@H](Cc4ccccc4)[C@@H]1C[C@@]23C. The van der Waals surface area contributed by atoms with Gasteiger partial charge in [-0.15, -0.1) is 0 Å². The van der Waals surface area contributed by atoms with Crippen LogP contribution >= 0.6 is 0 Å². The van der Waals surface area contributed by atoms with Crippen molar-refractivity contribution in [3.8, 4) is 0 Å². The van der Waals surface area contributed by atoms with Crippen LogP contribution in [0.15, 0.2) is 54.6 Å². The summed E-state index contributed by atoms with van der Waals surface area (Å²) in [6.45, 7) is 4.83. The van der Waals surface area contributed by atoms with Gasteiger partial charge in [-0.3, -0.25) is 4.79 Å². The average Bonchev–Trinajstić information content (AvgIpc) is 3.20. The minimum absolute atomic E-state index is 0.163. The first-order valence-corrected chi connectivity index (χ1v) is 12.6. The third-order valence-electron chi connectivity index (χ3n) is 8.72. The Morgan fingerprint density at radius 2 is 1.85 bits per heavy atom. The molecule has 6 rings (SSSR count). The number of hydrogen-bond donors (Lipinski definition) is 1.